The van der Waals surface area contributed by atoms with E-state index in [1.165, 1.54) is 43.5 Å². The minimum absolute atomic E-state index is 0.537. The topological polar surface area (TPSA) is 33.7 Å². The van der Waals surface area contributed by atoms with E-state index in [1.807, 2.05) is 0 Å². The van der Waals surface area contributed by atoms with Crippen molar-refractivity contribution in [2.75, 3.05) is 33.9 Å². The van der Waals surface area contributed by atoms with Crippen molar-refractivity contribution in [3.63, 3.8) is 0 Å². The average molecular weight is 302 g/mol. The maximum absolute atomic E-state index is 5.66. The van der Waals surface area contributed by atoms with E-state index in [2.05, 4.69) is 22.3 Å². The zero-order valence-electron chi connectivity index (χ0n) is 13.6. The number of rotatable bonds is 2. The fourth-order valence-corrected chi connectivity index (χ4v) is 4.73. The molecule has 3 heterocycles. The molecule has 4 rings (SSSR count). The second-order valence-electron chi connectivity index (χ2n) is 6.83. The molecule has 0 saturated carbocycles. The number of nitrogens with zero attached hydrogens (tertiary/aromatic N) is 1. The van der Waals surface area contributed by atoms with Crippen LogP contribution in [-0.4, -0.2) is 44.8 Å². The maximum atomic E-state index is 5.66. The molecule has 0 aromatic heterocycles. The van der Waals surface area contributed by atoms with E-state index < -0.39 is 0 Å². The van der Waals surface area contributed by atoms with Crippen molar-refractivity contribution in [1.82, 2.24) is 10.2 Å². The van der Waals surface area contributed by atoms with E-state index in [0.717, 1.165) is 30.4 Å². The number of benzene rings is 1. The van der Waals surface area contributed by atoms with E-state index in [1.54, 1.807) is 14.2 Å². The number of piperidine rings is 2. The standard InChI is InChI=1S/C18H26N2O2/c1-21-17-6-5-13-14(18(17)22-2)7-9-20-11-12-4-3-8-19-15(12)10-16(13)20/h5-6,12,15-16,19H,3-4,7-11H2,1-2H3/t12-,15+,16-/m1/s1. The van der Waals surface area contributed by atoms with Crippen molar-refractivity contribution in [3.05, 3.63) is 23.3 Å². The lowest BCUT2D eigenvalue weighted by Gasteiger charge is -2.49. The van der Waals surface area contributed by atoms with E-state index in [-0.39, 0.29) is 0 Å². The van der Waals surface area contributed by atoms with Crippen molar-refractivity contribution < 1.29 is 9.47 Å². The van der Waals surface area contributed by atoms with Gasteiger partial charge < -0.3 is 14.8 Å². The Hall–Kier alpha value is -1.26. The third-order valence-corrected chi connectivity index (χ3v) is 5.81. The van der Waals surface area contributed by atoms with Gasteiger partial charge in [0.2, 0.25) is 0 Å². The monoisotopic (exact) mass is 302 g/mol. The number of hydrogen-bond acceptors (Lipinski definition) is 4. The molecule has 0 unspecified atom stereocenters. The van der Waals surface area contributed by atoms with Crippen LogP contribution in [0.3, 0.4) is 0 Å². The summed E-state index contributed by atoms with van der Waals surface area (Å²) in [6.45, 7) is 3.58. The average Bonchev–Trinajstić information content (AvgIpc) is 2.58. The molecule has 2 fully saturated rings. The predicted octanol–water partition coefficient (Wildman–Crippen LogP) is 2.37. The summed E-state index contributed by atoms with van der Waals surface area (Å²) in [6, 6.07) is 5.56. The highest BCUT2D eigenvalue weighted by Crippen LogP contribution is 2.45. The highest BCUT2D eigenvalue weighted by Gasteiger charge is 2.40. The summed E-state index contributed by atoms with van der Waals surface area (Å²) in [6.07, 6.45) is 5.02. The van der Waals surface area contributed by atoms with Gasteiger partial charge in [-0.25, -0.2) is 0 Å². The predicted molar refractivity (Wildman–Crippen MR) is 86.7 cm³/mol. The first-order valence-corrected chi connectivity index (χ1v) is 8.53. The van der Waals surface area contributed by atoms with Crippen molar-refractivity contribution in [3.8, 4) is 11.5 Å². The van der Waals surface area contributed by atoms with Gasteiger partial charge in [-0.15, -0.1) is 0 Å². The van der Waals surface area contributed by atoms with Crippen LogP contribution in [-0.2, 0) is 6.42 Å². The second kappa shape index (κ2) is 5.74. The Balaban J connectivity index is 1.68. The van der Waals surface area contributed by atoms with Gasteiger partial charge in [0.1, 0.15) is 0 Å². The molecule has 22 heavy (non-hydrogen) atoms. The molecule has 0 aliphatic carbocycles. The molecule has 0 radical (unpaired) electrons. The van der Waals surface area contributed by atoms with Crippen LogP contribution in [0.4, 0.5) is 0 Å². The Morgan fingerprint density at radius 3 is 2.95 bits per heavy atom. The van der Waals surface area contributed by atoms with Crippen LogP contribution in [0.15, 0.2) is 12.1 Å². The normalized spacial score (nSPS) is 30.9. The molecule has 3 aliphatic heterocycles. The van der Waals surface area contributed by atoms with Gasteiger partial charge in [-0.2, -0.15) is 0 Å². The summed E-state index contributed by atoms with van der Waals surface area (Å²) in [7, 11) is 3.47. The summed E-state index contributed by atoms with van der Waals surface area (Å²) in [4.78, 5) is 2.70. The molecule has 2 saturated heterocycles. The van der Waals surface area contributed by atoms with Crippen molar-refractivity contribution >= 4 is 0 Å². The van der Waals surface area contributed by atoms with E-state index in [4.69, 9.17) is 9.47 Å². The van der Waals surface area contributed by atoms with Gasteiger partial charge in [0.25, 0.3) is 0 Å². The number of methoxy groups -OCH3 is 2. The third kappa shape index (κ3) is 2.20. The number of nitrogens with one attached hydrogen (secondary N) is 1. The third-order valence-electron chi connectivity index (χ3n) is 5.81. The largest absolute Gasteiger partial charge is 0.493 e. The smallest absolute Gasteiger partial charge is 0.164 e. The molecule has 1 aromatic rings. The first kappa shape index (κ1) is 14.3. The van der Waals surface area contributed by atoms with Gasteiger partial charge in [-0.3, -0.25) is 4.90 Å². The van der Waals surface area contributed by atoms with Crippen molar-refractivity contribution in [2.45, 2.75) is 37.8 Å². The lowest BCUT2D eigenvalue weighted by Crippen LogP contribution is -2.54. The molecule has 0 spiro atoms. The van der Waals surface area contributed by atoms with Gasteiger partial charge in [0, 0.05) is 30.7 Å². The Morgan fingerprint density at radius 2 is 2.14 bits per heavy atom. The zero-order valence-corrected chi connectivity index (χ0v) is 13.6. The van der Waals surface area contributed by atoms with Crippen molar-refractivity contribution in [1.29, 1.82) is 0 Å². The van der Waals surface area contributed by atoms with Crippen LogP contribution in [0.5, 0.6) is 11.5 Å². The number of hydrogen-bond donors (Lipinski definition) is 1. The van der Waals surface area contributed by atoms with Gasteiger partial charge in [0.05, 0.1) is 14.2 Å². The minimum atomic E-state index is 0.537. The van der Waals surface area contributed by atoms with Crippen LogP contribution >= 0.6 is 0 Å². The Morgan fingerprint density at radius 1 is 1.23 bits per heavy atom. The highest BCUT2D eigenvalue weighted by atomic mass is 16.5. The Kier molecular flexibility index (Phi) is 3.74. The molecule has 3 atom stereocenters. The van der Waals surface area contributed by atoms with Crippen LogP contribution < -0.4 is 14.8 Å². The van der Waals surface area contributed by atoms with Crippen molar-refractivity contribution in [2.24, 2.45) is 5.92 Å². The summed E-state index contributed by atoms with van der Waals surface area (Å²) in [5, 5.41) is 3.75. The van der Waals surface area contributed by atoms with Gasteiger partial charge >= 0.3 is 0 Å². The SMILES string of the molecule is COc1ccc2c(c1OC)CCN1C[C@H]3CCCN[C@H]3C[C@H]21. The number of fused-ring (bicyclic) bond motifs is 4. The fourth-order valence-electron chi connectivity index (χ4n) is 4.73. The van der Waals surface area contributed by atoms with E-state index in [9.17, 15) is 0 Å². The minimum Gasteiger partial charge on any atom is -0.493 e. The first-order valence-electron chi connectivity index (χ1n) is 8.53. The van der Waals surface area contributed by atoms with Gasteiger partial charge in [0.15, 0.2) is 11.5 Å². The molecular formula is C18H26N2O2. The number of ether oxygens (including phenoxy) is 2. The van der Waals surface area contributed by atoms with Crippen LogP contribution in [0.1, 0.15) is 36.4 Å². The molecule has 0 amide bonds. The first-order chi connectivity index (χ1) is 10.8. The van der Waals surface area contributed by atoms with E-state index >= 15 is 0 Å². The van der Waals surface area contributed by atoms with Crippen LogP contribution in [0.25, 0.3) is 0 Å². The molecule has 0 bridgehead atoms. The maximum Gasteiger partial charge on any atom is 0.164 e. The summed E-state index contributed by atoms with van der Waals surface area (Å²) >= 11 is 0. The van der Waals surface area contributed by atoms with Gasteiger partial charge in [-0.05, 0) is 49.8 Å². The van der Waals surface area contributed by atoms with E-state index in [0.29, 0.717) is 12.1 Å². The van der Waals surface area contributed by atoms with Crippen LogP contribution in [0.2, 0.25) is 0 Å². The second-order valence-corrected chi connectivity index (χ2v) is 6.83. The fraction of sp³-hybridized carbons (Fsp3) is 0.667. The molecule has 120 valence electrons. The van der Waals surface area contributed by atoms with Crippen LogP contribution in [0, 0.1) is 5.92 Å². The summed E-state index contributed by atoms with van der Waals surface area (Å²) in [5.74, 6) is 2.64. The summed E-state index contributed by atoms with van der Waals surface area (Å²) in [5.41, 5.74) is 2.81. The molecule has 1 aromatic carbocycles. The molecule has 1 N–H and O–H groups in total. The molecule has 4 heteroatoms. The molecule has 3 aliphatic rings. The Labute approximate surface area is 132 Å². The summed E-state index contributed by atoms with van der Waals surface area (Å²) < 4.78 is 11.1. The molecular weight excluding hydrogens is 276 g/mol. The zero-order chi connectivity index (χ0) is 15.1. The quantitative estimate of drug-likeness (QED) is 0.909. The molecule has 4 nitrogen and oxygen atoms in total. The highest BCUT2D eigenvalue weighted by molar-refractivity contribution is 5.53. The lowest BCUT2D eigenvalue weighted by molar-refractivity contribution is 0.0546. The lowest BCUT2D eigenvalue weighted by atomic mass is 9.77. The Bertz CT molecular complexity index is 560. The van der Waals surface area contributed by atoms with Gasteiger partial charge in [-0.1, -0.05) is 6.07 Å².